The number of hydrogen-bond donors (Lipinski definition) is 2. The van der Waals surface area contributed by atoms with E-state index in [-0.39, 0.29) is 24.9 Å². The van der Waals surface area contributed by atoms with Crippen molar-refractivity contribution in [3.63, 3.8) is 0 Å². The molecular weight excluding hydrogens is 274 g/mol. The van der Waals surface area contributed by atoms with Gasteiger partial charge in [-0.2, -0.15) is 0 Å². The van der Waals surface area contributed by atoms with Crippen LogP contribution in [0.15, 0.2) is 29.9 Å². The maximum atomic E-state index is 11.7. The second-order valence-electron chi connectivity index (χ2n) is 4.65. The van der Waals surface area contributed by atoms with Crippen LogP contribution in [0.5, 0.6) is 0 Å². The molecule has 1 atom stereocenters. The molecule has 5 nitrogen and oxygen atoms in total. The second kappa shape index (κ2) is 7.12. The molecule has 0 aromatic carbocycles. The number of rotatable bonds is 6. The first-order valence-corrected chi connectivity index (χ1v) is 7.29. The molecule has 106 valence electrons. The number of pyridine rings is 1. The number of aliphatic hydroxyl groups is 1. The molecule has 2 rings (SSSR count). The van der Waals surface area contributed by atoms with Gasteiger partial charge in [-0.1, -0.05) is 6.92 Å². The lowest BCUT2D eigenvalue weighted by Crippen LogP contribution is -2.30. The fourth-order valence-electron chi connectivity index (χ4n) is 1.59. The summed E-state index contributed by atoms with van der Waals surface area (Å²) in [4.78, 5) is 20.2. The predicted octanol–water partition coefficient (Wildman–Crippen LogP) is 1.49. The number of carbonyl (C=O) groups excluding carboxylic acids is 1. The number of nitrogens with one attached hydrogen (secondary N) is 1. The number of aliphatic hydroxyl groups excluding tert-OH is 1. The van der Waals surface area contributed by atoms with Gasteiger partial charge in [0.15, 0.2) is 0 Å². The molecule has 0 bridgehead atoms. The van der Waals surface area contributed by atoms with E-state index in [0.29, 0.717) is 6.54 Å². The molecule has 0 fully saturated rings. The average Bonchev–Trinajstić information content (AvgIpc) is 2.94. The Morgan fingerprint density at radius 3 is 3.10 bits per heavy atom. The third-order valence-corrected chi connectivity index (χ3v) is 3.70. The van der Waals surface area contributed by atoms with E-state index in [4.69, 9.17) is 5.11 Å². The highest BCUT2D eigenvalue weighted by Crippen LogP contribution is 2.22. The van der Waals surface area contributed by atoms with E-state index >= 15 is 0 Å². The largest absolute Gasteiger partial charge is 0.396 e. The summed E-state index contributed by atoms with van der Waals surface area (Å²) in [5.41, 5.74) is 1.71. The smallest absolute Gasteiger partial charge is 0.226 e. The Bertz CT molecular complexity index is 557. The standard InChI is InChI=1S/C14H17N3O2S/c1-10(8-18)6-16-13(19)5-12-9-20-14(17-12)11-3-2-4-15-7-11/h2-4,7,9-10,18H,5-6,8H2,1H3,(H,16,19). The van der Waals surface area contributed by atoms with Crippen LogP contribution in [0.1, 0.15) is 12.6 Å². The number of nitrogens with zero attached hydrogens (tertiary/aromatic N) is 2. The number of aromatic nitrogens is 2. The number of thiazole rings is 1. The summed E-state index contributed by atoms with van der Waals surface area (Å²) in [6.45, 7) is 2.43. The van der Waals surface area contributed by atoms with Crippen LogP contribution in [0.2, 0.25) is 0 Å². The van der Waals surface area contributed by atoms with E-state index in [2.05, 4.69) is 15.3 Å². The molecule has 2 aromatic rings. The van der Waals surface area contributed by atoms with Crippen molar-refractivity contribution in [3.8, 4) is 10.6 Å². The third-order valence-electron chi connectivity index (χ3n) is 2.76. The molecule has 0 aliphatic rings. The molecule has 20 heavy (non-hydrogen) atoms. The zero-order chi connectivity index (χ0) is 14.4. The van der Waals surface area contributed by atoms with Crippen molar-refractivity contribution in [2.45, 2.75) is 13.3 Å². The van der Waals surface area contributed by atoms with Crippen LogP contribution >= 0.6 is 11.3 Å². The van der Waals surface area contributed by atoms with Crippen molar-refractivity contribution in [2.75, 3.05) is 13.2 Å². The van der Waals surface area contributed by atoms with Gasteiger partial charge in [0.2, 0.25) is 5.91 Å². The fourth-order valence-corrected chi connectivity index (χ4v) is 2.40. The van der Waals surface area contributed by atoms with Crippen molar-refractivity contribution >= 4 is 17.2 Å². The van der Waals surface area contributed by atoms with Crippen LogP contribution in [-0.2, 0) is 11.2 Å². The number of hydrogen-bond acceptors (Lipinski definition) is 5. The molecule has 2 heterocycles. The van der Waals surface area contributed by atoms with E-state index in [1.165, 1.54) is 11.3 Å². The normalized spacial score (nSPS) is 12.1. The van der Waals surface area contributed by atoms with Gasteiger partial charge < -0.3 is 10.4 Å². The lowest BCUT2D eigenvalue weighted by molar-refractivity contribution is -0.120. The predicted molar refractivity (Wildman–Crippen MR) is 78.3 cm³/mol. The summed E-state index contributed by atoms with van der Waals surface area (Å²) in [5.74, 6) is -0.00586. The molecule has 2 aromatic heterocycles. The topological polar surface area (TPSA) is 75.1 Å². The molecular formula is C14H17N3O2S. The van der Waals surface area contributed by atoms with Crippen LogP contribution in [0.25, 0.3) is 10.6 Å². The van der Waals surface area contributed by atoms with Gasteiger partial charge in [0, 0.05) is 36.5 Å². The lowest BCUT2D eigenvalue weighted by atomic mass is 10.2. The first kappa shape index (κ1) is 14.6. The molecule has 2 N–H and O–H groups in total. The Kier molecular flexibility index (Phi) is 5.20. The maximum Gasteiger partial charge on any atom is 0.226 e. The van der Waals surface area contributed by atoms with Gasteiger partial charge in [0.1, 0.15) is 5.01 Å². The fraction of sp³-hybridized carbons (Fsp3) is 0.357. The van der Waals surface area contributed by atoms with Crippen molar-refractivity contribution in [1.29, 1.82) is 0 Å². The molecule has 0 saturated carbocycles. The quantitative estimate of drug-likeness (QED) is 0.845. The number of carbonyl (C=O) groups is 1. The van der Waals surface area contributed by atoms with Gasteiger partial charge in [0.05, 0.1) is 12.1 Å². The average molecular weight is 291 g/mol. The third kappa shape index (κ3) is 4.11. The molecule has 0 radical (unpaired) electrons. The first-order valence-electron chi connectivity index (χ1n) is 6.41. The van der Waals surface area contributed by atoms with E-state index in [1.54, 1.807) is 12.4 Å². The highest BCUT2D eigenvalue weighted by Gasteiger charge is 2.10. The molecule has 1 amide bonds. The summed E-state index contributed by atoms with van der Waals surface area (Å²) >= 11 is 1.50. The summed E-state index contributed by atoms with van der Waals surface area (Å²) in [5, 5.41) is 14.4. The zero-order valence-electron chi connectivity index (χ0n) is 11.2. The van der Waals surface area contributed by atoms with Crippen LogP contribution < -0.4 is 5.32 Å². The van der Waals surface area contributed by atoms with Crippen molar-refractivity contribution < 1.29 is 9.90 Å². The van der Waals surface area contributed by atoms with E-state index < -0.39 is 0 Å². The van der Waals surface area contributed by atoms with Crippen molar-refractivity contribution in [2.24, 2.45) is 5.92 Å². The molecule has 0 spiro atoms. The second-order valence-corrected chi connectivity index (χ2v) is 5.51. The highest BCUT2D eigenvalue weighted by atomic mass is 32.1. The first-order chi connectivity index (χ1) is 9.69. The van der Waals surface area contributed by atoms with E-state index in [9.17, 15) is 4.79 Å². The summed E-state index contributed by atoms with van der Waals surface area (Å²) in [6, 6.07) is 3.80. The Balaban J connectivity index is 1.91. The Labute approximate surface area is 121 Å². The van der Waals surface area contributed by atoms with Crippen molar-refractivity contribution in [3.05, 3.63) is 35.6 Å². The van der Waals surface area contributed by atoms with Crippen LogP contribution in [0, 0.1) is 5.92 Å². The molecule has 0 saturated heterocycles. The zero-order valence-corrected chi connectivity index (χ0v) is 12.1. The highest BCUT2D eigenvalue weighted by molar-refractivity contribution is 7.13. The molecule has 0 aliphatic carbocycles. The van der Waals surface area contributed by atoms with Gasteiger partial charge in [-0.25, -0.2) is 4.98 Å². The van der Waals surface area contributed by atoms with E-state index in [0.717, 1.165) is 16.3 Å². The molecule has 6 heteroatoms. The Morgan fingerprint density at radius 1 is 1.55 bits per heavy atom. The Morgan fingerprint density at radius 2 is 2.40 bits per heavy atom. The van der Waals surface area contributed by atoms with Crippen LogP contribution in [0.3, 0.4) is 0 Å². The maximum absolute atomic E-state index is 11.7. The van der Waals surface area contributed by atoms with Crippen LogP contribution in [-0.4, -0.2) is 34.1 Å². The van der Waals surface area contributed by atoms with Gasteiger partial charge in [0.25, 0.3) is 0 Å². The monoisotopic (exact) mass is 291 g/mol. The summed E-state index contributed by atoms with van der Waals surface area (Å²) in [6.07, 6.45) is 3.73. The Hall–Kier alpha value is -1.79. The lowest BCUT2D eigenvalue weighted by Gasteiger charge is -2.08. The summed E-state index contributed by atoms with van der Waals surface area (Å²) in [7, 11) is 0. The van der Waals surface area contributed by atoms with Crippen molar-refractivity contribution in [1.82, 2.24) is 15.3 Å². The minimum Gasteiger partial charge on any atom is -0.396 e. The van der Waals surface area contributed by atoms with Gasteiger partial charge in [-0.05, 0) is 18.1 Å². The molecule has 0 aliphatic heterocycles. The minimum absolute atomic E-state index is 0.0698. The summed E-state index contributed by atoms with van der Waals surface area (Å²) < 4.78 is 0. The van der Waals surface area contributed by atoms with Gasteiger partial charge in [-0.3, -0.25) is 9.78 Å². The molecule has 1 unspecified atom stereocenters. The van der Waals surface area contributed by atoms with Crippen LogP contribution in [0.4, 0.5) is 0 Å². The minimum atomic E-state index is -0.0756. The number of amides is 1. The van der Waals surface area contributed by atoms with Gasteiger partial charge >= 0.3 is 0 Å². The van der Waals surface area contributed by atoms with Gasteiger partial charge in [-0.15, -0.1) is 11.3 Å². The van der Waals surface area contributed by atoms with E-state index in [1.807, 2.05) is 24.4 Å². The SMILES string of the molecule is CC(CO)CNC(=O)Cc1csc(-c2cccnc2)n1.